The standard InChI is InChI=1S/C24H31FN6O4S/c1-3-8-36-24-27-22(26-16-10-14(16)13-5-4-12(2)15(25)9-13)19-23(28-24)31(30-29-19)17-11-18(35-7-6-32)21(34)20(17)33/h4-5,9,14,16-18,20-21,32-34H,3,6-8,10-11H2,1-2H3,(H,26,27,28)/t14-,16+,17+,18-,20-,21+/m0/s1/i4D,5D,6D2,7D2,8D2,9D,10D2,14D. The molecule has 0 amide bonds. The maximum absolute atomic E-state index is 14.8. The average molecular weight is 531 g/mol. The lowest BCUT2D eigenvalue weighted by atomic mass is 10.1. The van der Waals surface area contributed by atoms with Gasteiger partial charge in [0.15, 0.2) is 22.1 Å². The molecule has 1 aromatic carbocycles. The molecule has 6 atom stereocenters. The molecule has 0 radical (unpaired) electrons. The van der Waals surface area contributed by atoms with Crippen LogP contribution >= 0.6 is 11.8 Å². The van der Waals surface area contributed by atoms with Crippen molar-refractivity contribution in [2.24, 2.45) is 0 Å². The van der Waals surface area contributed by atoms with Crippen LogP contribution in [0.5, 0.6) is 0 Å². The molecule has 2 fully saturated rings. The van der Waals surface area contributed by atoms with E-state index in [0.717, 1.165) is 4.68 Å². The van der Waals surface area contributed by atoms with Gasteiger partial charge in [-0.3, -0.25) is 0 Å². The van der Waals surface area contributed by atoms with Gasteiger partial charge in [0.2, 0.25) is 0 Å². The number of hydrogen-bond donors (Lipinski definition) is 4. The number of aliphatic hydroxyl groups excluding tert-OH is 2. The Hall–Kier alpha value is -2.38. The van der Waals surface area contributed by atoms with E-state index in [0.29, 0.717) is 11.8 Å². The second-order valence-electron chi connectivity index (χ2n) is 8.14. The molecule has 2 aliphatic rings. The van der Waals surface area contributed by atoms with Gasteiger partial charge < -0.3 is 25.4 Å². The number of nitrogens with one attached hydrogen (secondary N) is 1. The van der Waals surface area contributed by atoms with Crippen LogP contribution in [0.1, 0.15) is 65.7 Å². The maximum atomic E-state index is 14.8. The highest BCUT2D eigenvalue weighted by molar-refractivity contribution is 7.99. The number of aromatic nitrogens is 5. The number of halogens is 1. The highest BCUT2D eigenvalue weighted by Crippen LogP contribution is 2.44. The summed E-state index contributed by atoms with van der Waals surface area (Å²) in [6, 6.07) is -5.06. The first kappa shape index (κ1) is 14.5. The van der Waals surface area contributed by atoms with Crippen molar-refractivity contribution < 1.29 is 40.9 Å². The van der Waals surface area contributed by atoms with Crippen molar-refractivity contribution in [1.29, 1.82) is 0 Å². The summed E-state index contributed by atoms with van der Waals surface area (Å²) in [4.78, 5) is 8.59. The van der Waals surface area contributed by atoms with E-state index in [9.17, 15) is 19.7 Å². The average Bonchev–Trinajstić information content (AvgIpc) is 3.29. The molecular weight excluding hydrogens is 487 g/mol. The number of rotatable bonds is 10. The molecule has 4 N–H and O–H groups in total. The van der Waals surface area contributed by atoms with E-state index in [4.69, 9.17) is 21.2 Å². The summed E-state index contributed by atoms with van der Waals surface area (Å²) >= 11 is 0.568. The van der Waals surface area contributed by atoms with Crippen LogP contribution in [0.25, 0.3) is 11.2 Å². The number of aliphatic hydroxyl groups is 3. The van der Waals surface area contributed by atoms with Crippen molar-refractivity contribution in [2.45, 2.75) is 74.5 Å². The Morgan fingerprint density at radius 1 is 1.39 bits per heavy atom. The molecule has 2 aliphatic carbocycles. The Morgan fingerprint density at radius 3 is 3.00 bits per heavy atom. The minimum absolute atomic E-state index is 0.000239. The zero-order chi connectivity index (χ0) is 36.1. The second-order valence-corrected chi connectivity index (χ2v) is 9.00. The van der Waals surface area contributed by atoms with Gasteiger partial charge in [0.05, 0.1) is 34.9 Å². The lowest BCUT2D eigenvalue weighted by molar-refractivity contribution is -0.0629. The fourth-order valence-electron chi connectivity index (χ4n) is 3.90. The Labute approximate surface area is 229 Å². The largest absolute Gasteiger partial charge is 0.394 e. The van der Waals surface area contributed by atoms with Crippen LogP contribution in [0.3, 0.4) is 0 Å². The zero-order valence-electron chi connectivity index (χ0n) is 31.1. The number of nitrogens with zero attached hydrogens (tertiary/aromatic N) is 5. The lowest BCUT2D eigenvalue weighted by Crippen LogP contribution is -2.33. The van der Waals surface area contributed by atoms with Crippen LogP contribution in [0.15, 0.2) is 23.3 Å². The second kappa shape index (κ2) is 10.5. The first-order chi connectivity index (χ1) is 21.9. The lowest BCUT2D eigenvalue weighted by Gasteiger charge is -2.17. The van der Waals surface area contributed by atoms with Crippen LogP contribution in [0, 0.1) is 12.7 Å². The highest BCUT2D eigenvalue weighted by atomic mass is 32.2. The fraction of sp³-hybridized carbons (Fsp3) is 0.583. The molecule has 36 heavy (non-hydrogen) atoms. The molecule has 0 saturated heterocycles. The molecule has 12 heteroatoms. The molecule has 10 nitrogen and oxygen atoms in total. The predicted molar refractivity (Wildman–Crippen MR) is 133 cm³/mol. The normalized spacial score (nSPS) is 37.1. The summed E-state index contributed by atoms with van der Waals surface area (Å²) in [5, 5.41) is 41.5. The SMILES string of the molecule is [2H]c1c([2H])c([C@@]2([2H])[C@H](Nc3nc(SC([2H])([2H])CC)nc4c3nnn4[C@@H]3C[C@H](OC([2H])([2H])C([2H])([2H])O)[C@@H](O)[C@H]3O)C2([2H])[2H])c([2H])c(F)c1C. The Balaban J connectivity index is 1.58. The quantitative estimate of drug-likeness (QED) is 0.228. The van der Waals surface area contributed by atoms with E-state index in [1.165, 1.54) is 6.92 Å². The zero-order valence-corrected chi connectivity index (χ0v) is 19.9. The molecule has 2 aromatic heterocycles. The Bertz CT molecular complexity index is 1740. The predicted octanol–water partition coefficient (Wildman–Crippen LogP) is 2.18. The third-order valence-electron chi connectivity index (χ3n) is 5.77. The molecule has 0 aliphatic heterocycles. The molecule has 0 bridgehead atoms. The van der Waals surface area contributed by atoms with Gasteiger partial charge in [0.1, 0.15) is 18.0 Å². The summed E-state index contributed by atoms with van der Waals surface area (Å²) in [6.45, 7) is -4.01. The smallest absolute Gasteiger partial charge is 0.191 e. The third-order valence-corrected chi connectivity index (χ3v) is 6.57. The van der Waals surface area contributed by atoms with Gasteiger partial charge in [-0.15, -0.1) is 5.10 Å². The summed E-state index contributed by atoms with van der Waals surface area (Å²) in [6.07, 6.45) is -8.02. The monoisotopic (exact) mass is 530 g/mol. The van der Waals surface area contributed by atoms with Gasteiger partial charge in [-0.1, -0.05) is 36.0 Å². The topological polar surface area (TPSA) is 138 Å². The van der Waals surface area contributed by atoms with Gasteiger partial charge >= 0.3 is 0 Å². The van der Waals surface area contributed by atoms with Gasteiger partial charge in [-0.05, 0) is 36.9 Å². The van der Waals surface area contributed by atoms with E-state index >= 15 is 0 Å². The van der Waals surface area contributed by atoms with Crippen molar-refractivity contribution in [3.05, 3.63) is 35.1 Å². The summed E-state index contributed by atoms with van der Waals surface area (Å²) in [5.74, 6) is -3.92. The minimum Gasteiger partial charge on any atom is -0.394 e. The Kier molecular flexibility index (Phi) is 4.25. The first-order valence-corrected chi connectivity index (χ1v) is 11.8. The Morgan fingerprint density at radius 2 is 2.22 bits per heavy atom. The van der Waals surface area contributed by atoms with Crippen molar-refractivity contribution in [2.75, 3.05) is 24.1 Å². The van der Waals surface area contributed by atoms with Gasteiger partial charge in [-0.25, -0.2) is 19.0 Å². The maximum Gasteiger partial charge on any atom is 0.191 e. The molecule has 194 valence electrons. The summed E-state index contributed by atoms with van der Waals surface area (Å²) < 4.78 is 118. The van der Waals surface area contributed by atoms with Crippen molar-refractivity contribution in [1.82, 2.24) is 25.0 Å². The van der Waals surface area contributed by atoms with Crippen LogP contribution in [-0.4, -0.2) is 83.5 Å². The highest BCUT2D eigenvalue weighted by Gasteiger charge is 2.45. The van der Waals surface area contributed by atoms with E-state index in [1.807, 2.05) is 0 Å². The molecule has 0 spiro atoms. The number of ether oxygens (including phenoxy) is 1. The molecule has 0 unspecified atom stereocenters. The van der Waals surface area contributed by atoms with E-state index in [-0.39, 0.29) is 34.1 Å². The fourth-order valence-corrected chi connectivity index (χ4v) is 4.44. The van der Waals surface area contributed by atoms with Gasteiger partial charge in [0, 0.05) is 30.9 Å². The van der Waals surface area contributed by atoms with Crippen LogP contribution < -0.4 is 5.32 Å². The van der Waals surface area contributed by atoms with E-state index in [1.54, 1.807) is 6.92 Å². The van der Waals surface area contributed by atoms with E-state index in [2.05, 4.69) is 25.6 Å². The van der Waals surface area contributed by atoms with Gasteiger partial charge in [-0.2, -0.15) is 0 Å². The number of fused-ring (bicyclic) bond motifs is 1. The number of benzene rings is 1. The molecular formula is C24H31FN6O4S. The number of hydrogen-bond acceptors (Lipinski definition) is 10. The third kappa shape index (κ3) is 4.92. The first-order valence-electron chi connectivity index (χ1n) is 17.0. The van der Waals surface area contributed by atoms with Crippen LogP contribution in [-0.2, 0) is 4.74 Å². The molecule has 2 saturated carbocycles. The van der Waals surface area contributed by atoms with Crippen molar-refractivity contribution >= 4 is 28.7 Å². The van der Waals surface area contributed by atoms with Crippen molar-refractivity contribution in [3.8, 4) is 0 Å². The van der Waals surface area contributed by atoms with E-state index < -0.39 is 97.4 Å². The summed E-state index contributed by atoms with van der Waals surface area (Å²) in [5.41, 5.74) is -3.26. The molecule has 3 aromatic rings. The van der Waals surface area contributed by atoms with Crippen LogP contribution in [0.4, 0.5) is 10.2 Å². The van der Waals surface area contributed by atoms with Crippen LogP contribution in [0.2, 0.25) is 0 Å². The van der Waals surface area contributed by atoms with Crippen molar-refractivity contribution in [3.63, 3.8) is 0 Å². The number of anilines is 1. The number of thioether (sulfide) groups is 1. The molecule has 2 heterocycles. The minimum atomic E-state index is -3.47. The summed E-state index contributed by atoms with van der Waals surface area (Å²) in [7, 11) is 0. The van der Waals surface area contributed by atoms with Gasteiger partial charge in [0.25, 0.3) is 0 Å². The molecule has 5 rings (SSSR count).